The van der Waals surface area contributed by atoms with E-state index in [9.17, 15) is 0 Å². The molecule has 1 heterocycles. The van der Waals surface area contributed by atoms with Crippen molar-refractivity contribution in [1.82, 2.24) is 10.1 Å². The van der Waals surface area contributed by atoms with E-state index in [1.54, 1.807) is 0 Å². The summed E-state index contributed by atoms with van der Waals surface area (Å²) in [5.74, 6) is 2.81. The molecule has 4 heteroatoms. The molecule has 0 bridgehead atoms. The maximum atomic E-state index is 6.21. The molecular formula is C17H31N3O. The molecule has 1 aliphatic carbocycles. The lowest BCUT2D eigenvalue weighted by Gasteiger charge is -2.26. The van der Waals surface area contributed by atoms with Crippen LogP contribution in [0.4, 0.5) is 0 Å². The Morgan fingerprint density at radius 2 is 1.90 bits per heavy atom. The van der Waals surface area contributed by atoms with E-state index in [1.807, 2.05) is 0 Å². The third kappa shape index (κ3) is 4.29. The van der Waals surface area contributed by atoms with Gasteiger partial charge in [0.25, 0.3) is 0 Å². The maximum Gasteiger partial charge on any atom is 0.229 e. The van der Waals surface area contributed by atoms with Gasteiger partial charge in [-0.1, -0.05) is 52.1 Å². The average Bonchev–Trinajstić information content (AvgIpc) is 2.93. The van der Waals surface area contributed by atoms with Crippen LogP contribution in [0.5, 0.6) is 0 Å². The molecule has 21 heavy (non-hydrogen) atoms. The van der Waals surface area contributed by atoms with Crippen LogP contribution in [0, 0.1) is 11.3 Å². The number of rotatable bonds is 5. The van der Waals surface area contributed by atoms with Crippen LogP contribution in [0.15, 0.2) is 4.52 Å². The van der Waals surface area contributed by atoms with Crippen molar-refractivity contribution in [3.8, 4) is 0 Å². The van der Waals surface area contributed by atoms with E-state index in [1.165, 1.54) is 44.9 Å². The lowest BCUT2D eigenvalue weighted by Crippen LogP contribution is -2.27. The number of hydrogen-bond donors (Lipinski definition) is 1. The minimum atomic E-state index is -0.170. The molecule has 0 amide bonds. The summed E-state index contributed by atoms with van der Waals surface area (Å²) in [6, 6.07) is -0.170. The molecular weight excluding hydrogens is 262 g/mol. The fourth-order valence-electron chi connectivity index (χ4n) is 3.12. The van der Waals surface area contributed by atoms with Gasteiger partial charge in [0, 0.05) is 5.92 Å². The van der Waals surface area contributed by atoms with E-state index in [0.29, 0.717) is 11.7 Å². The van der Waals surface area contributed by atoms with Gasteiger partial charge in [0.05, 0.1) is 6.04 Å². The summed E-state index contributed by atoms with van der Waals surface area (Å²) >= 11 is 0. The van der Waals surface area contributed by atoms with E-state index < -0.39 is 0 Å². The maximum absolute atomic E-state index is 6.21. The summed E-state index contributed by atoms with van der Waals surface area (Å²) in [6.07, 6.45) is 9.01. The minimum Gasteiger partial charge on any atom is -0.339 e. The zero-order chi connectivity index (χ0) is 15.5. The molecule has 1 aromatic rings. The Morgan fingerprint density at radius 3 is 2.48 bits per heavy atom. The molecule has 1 fully saturated rings. The number of nitrogens with two attached hydrogens (primary N) is 1. The Kier molecular flexibility index (Phi) is 5.42. The third-order valence-electron chi connectivity index (χ3n) is 4.83. The minimum absolute atomic E-state index is 0.0427. The van der Waals surface area contributed by atoms with Gasteiger partial charge >= 0.3 is 0 Å². The molecule has 1 atom stereocenters. The van der Waals surface area contributed by atoms with Gasteiger partial charge in [-0.25, -0.2) is 0 Å². The van der Waals surface area contributed by atoms with Crippen LogP contribution in [-0.4, -0.2) is 10.1 Å². The zero-order valence-corrected chi connectivity index (χ0v) is 14.1. The first-order valence-electron chi connectivity index (χ1n) is 8.51. The predicted octanol–water partition coefficient (Wildman–Crippen LogP) is 4.58. The molecule has 0 radical (unpaired) electrons. The monoisotopic (exact) mass is 293 g/mol. The van der Waals surface area contributed by atoms with Gasteiger partial charge in [0.1, 0.15) is 0 Å². The number of nitrogens with zero attached hydrogens (tertiary/aromatic N) is 2. The standard InChI is InChI=1S/C17H31N3O/c1-5-6-7-12-8-10-13(11-9-12)16-19-15(20-21-16)14(18)17(2,3)4/h12-14H,5-11,18H2,1-4H3. The van der Waals surface area contributed by atoms with Crippen LogP contribution in [0.1, 0.15) is 96.3 Å². The van der Waals surface area contributed by atoms with Crippen molar-refractivity contribution in [2.24, 2.45) is 17.1 Å². The fourth-order valence-corrected chi connectivity index (χ4v) is 3.12. The van der Waals surface area contributed by atoms with Gasteiger partial charge in [-0.3, -0.25) is 0 Å². The van der Waals surface area contributed by atoms with E-state index >= 15 is 0 Å². The van der Waals surface area contributed by atoms with Crippen molar-refractivity contribution < 1.29 is 4.52 Å². The zero-order valence-electron chi connectivity index (χ0n) is 14.1. The highest BCUT2D eigenvalue weighted by atomic mass is 16.5. The highest BCUT2D eigenvalue weighted by Gasteiger charge is 2.30. The Balaban J connectivity index is 1.91. The van der Waals surface area contributed by atoms with E-state index in [-0.39, 0.29) is 11.5 Å². The normalized spacial score (nSPS) is 25.0. The second kappa shape index (κ2) is 6.91. The summed E-state index contributed by atoms with van der Waals surface area (Å²) < 4.78 is 5.50. The first-order valence-corrected chi connectivity index (χ1v) is 8.51. The molecule has 2 N–H and O–H groups in total. The van der Waals surface area contributed by atoms with Crippen LogP contribution < -0.4 is 5.73 Å². The van der Waals surface area contributed by atoms with Gasteiger partial charge in [-0.2, -0.15) is 4.98 Å². The SMILES string of the molecule is CCCCC1CCC(c2nc(C(N)C(C)(C)C)no2)CC1. The van der Waals surface area contributed by atoms with Crippen molar-refractivity contribution >= 4 is 0 Å². The number of hydrogen-bond acceptors (Lipinski definition) is 4. The topological polar surface area (TPSA) is 64.9 Å². The first kappa shape index (κ1) is 16.5. The highest BCUT2D eigenvalue weighted by molar-refractivity contribution is 5.02. The average molecular weight is 293 g/mol. The van der Waals surface area contributed by atoms with Gasteiger partial charge in [0.2, 0.25) is 5.89 Å². The second-order valence-electron chi connectivity index (χ2n) is 7.69. The summed E-state index contributed by atoms with van der Waals surface area (Å²) in [6.45, 7) is 8.58. The van der Waals surface area contributed by atoms with Crippen molar-refractivity contribution in [2.45, 2.75) is 84.6 Å². The van der Waals surface area contributed by atoms with E-state index in [0.717, 1.165) is 11.8 Å². The molecule has 1 unspecified atom stereocenters. The summed E-state index contributed by atoms with van der Waals surface area (Å²) in [7, 11) is 0. The molecule has 1 aromatic heterocycles. The van der Waals surface area contributed by atoms with Gasteiger partial charge < -0.3 is 10.3 Å². The van der Waals surface area contributed by atoms with Gasteiger partial charge in [-0.15, -0.1) is 0 Å². The molecule has 0 aromatic carbocycles. The first-order chi connectivity index (χ1) is 9.91. The Hall–Kier alpha value is -0.900. The number of aromatic nitrogens is 2. The predicted molar refractivity (Wildman–Crippen MR) is 84.9 cm³/mol. The molecule has 0 aliphatic heterocycles. The van der Waals surface area contributed by atoms with Crippen molar-refractivity contribution in [1.29, 1.82) is 0 Å². The Morgan fingerprint density at radius 1 is 1.24 bits per heavy atom. The number of unbranched alkanes of at least 4 members (excludes halogenated alkanes) is 1. The van der Waals surface area contributed by atoms with Gasteiger partial charge in [-0.05, 0) is 37.0 Å². The van der Waals surface area contributed by atoms with Crippen LogP contribution >= 0.6 is 0 Å². The van der Waals surface area contributed by atoms with Gasteiger partial charge in [0.15, 0.2) is 5.82 Å². The Bertz CT molecular complexity index is 427. The van der Waals surface area contributed by atoms with Crippen molar-refractivity contribution in [2.75, 3.05) is 0 Å². The quantitative estimate of drug-likeness (QED) is 0.863. The van der Waals surface area contributed by atoms with Crippen LogP contribution in [0.2, 0.25) is 0 Å². The summed E-state index contributed by atoms with van der Waals surface area (Å²) in [5.41, 5.74) is 6.16. The third-order valence-corrected chi connectivity index (χ3v) is 4.83. The molecule has 1 saturated carbocycles. The molecule has 0 saturated heterocycles. The summed E-state index contributed by atoms with van der Waals surface area (Å²) in [4.78, 5) is 4.58. The van der Waals surface area contributed by atoms with Crippen molar-refractivity contribution in [3.63, 3.8) is 0 Å². The lowest BCUT2D eigenvalue weighted by molar-refractivity contribution is 0.257. The molecule has 2 rings (SSSR count). The smallest absolute Gasteiger partial charge is 0.229 e. The van der Waals surface area contributed by atoms with Crippen LogP contribution in [0.3, 0.4) is 0 Å². The second-order valence-corrected chi connectivity index (χ2v) is 7.69. The molecule has 1 aliphatic rings. The molecule has 4 nitrogen and oxygen atoms in total. The lowest BCUT2D eigenvalue weighted by atomic mass is 9.80. The molecule has 120 valence electrons. The summed E-state index contributed by atoms with van der Waals surface area (Å²) in [5, 5.41) is 4.12. The van der Waals surface area contributed by atoms with E-state index in [2.05, 4.69) is 37.8 Å². The highest BCUT2D eigenvalue weighted by Crippen LogP contribution is 2.38. The van der Waals surface area contributed by atoms with E-state index in [4.69, 9.17) is 10.3 Å². The van der Waals surface area contributed by atoms with Crippen molar-refractivity contribution in [3.05, 3.63) is 11.7 Å². The van der Waals surface area contributed by atoms with Crippen LogP contribution in [-0.2, 0) is 0 Å². The Labute approximate surface area is 128 Å². The van der Waals surface area contributed by atoms with Crippen LogP contribution in [0.25, 0.3) is 0 Å². The molecule has 0 spiro atoms. The fraction of sp³-hybridized carbons (Fsp3) is 0.882. The largest absolute Gasteiger partial charge is 0.339 e.